The molecule has 0 bridgehead atoms. The van der Waals surface area contributed by atoms with Crippen LogP contribution in [0.3, 0.4) is 0 Å². The number of thiocarbonyl (C=S) groups is 1. The molecule has 1 unspecified atom stereocenters. The standard InChI is InChI=1S/C26H39N3O5S/c1-6-7-14-34-22(30)17-20-23(31)27-12-13-29(20)25(35)28-24(32)26(4,5)11-8-15-33-21-16-18(2)9-10-19(21)3/h9-10,16,20H,6-8,11-15,17H2,1-5H3,(H,27,31)(H,28,32,35). The maximum absolute atomic E-state index is 13.0. The van der Waals surface area contributed by atoms with Gasteiger partial charge >= 0.3 is 5.97 Å². The fourth-order valence-electron chi connectivity index (χ4n) is 3.72. The molecule has 0 radical (unpaired) electrons. The summed E-state index contributed by atoms with van der Waals surface area (Å²) in [4.78, 5) is 39.3. The molecule has 1 fully saturated rings. The Hall–Kier alpha value is -2.68. The predicted molar refractivity (Wildman–Crippen MR) is 139 cm³/mol. The summed E-state index contributed by atoms with van der Waals surface area (Å²) in [7, 11) is 0. The minimum absolute atomic E-state index is 0.120. The van der Waals surface area contributed by atoms with E-state index in [1.165, 1.54) is 0 Å². The lowest BCUT2D eigenvalue weighted by molar-refractivity contribution is -0.147. The first-order valence-electron chi connectivity index (χ1n) is 12.3. The van der Waals surface area contributed by atoms with Gasteiger partial charge in [0, 0.05) is 18.5 Å². The van der Waals surface area contributed by atoms with Crippen molar-refractivity contribution in [1.82, 2.24) is 15.5 Å². The molecule has 1 aromatic rings. The number of nitrogens with zero attached hydrogens (tertiary/aromatic N) is 1. The Balaban J connectivity index is 1.88. The normalized spacial score (nSPS) is 15.9. The summed E-state index contributed by atoms with van der Waals surface area (Å²) < 4.78 is 11.1. The number of piperazine rings is 1. The zero-order chi connectivity index (χ0) is 26.0. The van der Waals surface area contributed by atoms with Gasteiger partial charge in [0.15, 0.2) is 5.11 Å². The van der Waals surface area contributed by atoms with Crippen LogP contribution >= 0.6 is 12.2 Å². The maximum Gasteiger partial charge on any atom is 0.308 e. The number of unbranched alkanes of at least 4 members (excludes halogenated alkanes) is 1. The second-order valence-electron chi connectivity index (χ2n) is 9.64. The van der Waals surface area contributed by atoms with Crippen LogP contribution in [0.1, 0.15) is 64.0 Å². The Bertz CT molecular complexity index is 918. The highest BCUT2D eigenvalue weighted by atomic mass is 32.1. The Labute approximate surface area is 214 Å². The first kappa shape index (κ1) is 28.6. The van der Waals surface area contributed by atoms with Crippen LogP contribution in [0.15, 0.2) is 18.2 Å². The number of hydrogen-bond donors (Lipinski definition) is 2. The molecule has 2 amide bonds. The molecular weight excluding hydrogens is 466 g/mol. The maximum atomic E-state index is 13.0. The number of hydrogen-bond acceptors (Lipinski definition) is 6. The largest absolute Gasteiger partial charge is 0.493 e. The lowest BCUT2D eigenvalue weighted by atomic mass is 9.87. The van der Waals surface area contributed by atoms with Crippen LogP contribution < -0.4 is 15.4 Å². The Morgan fingerprint density at radius 1 is 1.23 bits per heavy atom. The van der Waals surface area contributed by atoms with Gasteiger partial charge in [-0.1, -0.05) is 39.3 Å². The molecule has 1 aliphatic heterocycles. The van der Waals surface area contributed by atoms with Gasteiger partial charge in [-0.2, -0.15) is 0 Å². The predicted octanol–water partition coefficient (Wildman–Crippen LogP) is 3.42. The van der Waals surface area contributed by atoms with E-state index in [1.54, 1.807) is 4.90 Å². The lowest BCUT2D eigenvalue weighted by Gasteiger charge is -2.37. The highest BCUT2D eigenvalue weighted by molar-refractivity contribution is 7.80. The van der Waals surface area contributed by atoms with E-state index in [0.29, 0.717) is 39.1 Å². The van der Waals surface area contributed by atoms with Crippen LogP contribution in [0.2, 0.25) is 0 Å². The Kier molecular flexibility index (Phi) is 10.9. The summed E-state index contributed by atoms with van der Waals surface area (Å²) in [5, 5.41) is 5.69. The summed E-state index contributed by atoms with van der Waals surface area (Å²) in [6.45, 7) is 11.4. The average molecular weight is 506 g/mol. The summed E-state index contributed by atoms with van der Waals surface area (Å²) in [5.41, 5.74) is 1.52. The van der Waals surface area contributed by atoms with Gasteiger partial charge in [0.25, 0.3) is 0 Å². The number of aryl methyl sites for hydroxylation is 2. The number of carbonyl (C=O) groups is 3. The molecular formula is C26H39N3O5S. The van der Waals surface area contributed by atoms with Crippen LogP contribution in [0.25, 0.3) is 0 Å². The van der Waals surface area contributed by atoms with Crippen molar-refractivity contribution >= 4 is 35.1 Å². The first-order chi connectivity index (χ1) is 16.5. The van der Waals surface area contributed by atoms with Gasteiger partial charge in [-0.25, -0.2) is 0 Å². The second-order valence-corrected chi connectivity index (χ2v) is 10.0. The van der Waals surface area contributed by atoms with Crippen LogP contribution in [0, 0.1) is 19.3 Å². The van der Waals surface area contributed by atoms with Crippen LogP contribution in [-0.4, -0.2) is 60.1 Å². The van der Waals surface area contributed by atoms with Crippen LogP contribution in [0.5, 0.6) is 5.75 Å². The molecule has 0 aliphatic carbocycles. The molecule has 1 aromatic carbocycles. The van der Waals surface area contributed by atoms with Gasteiger partial charge in [-0.15, -0.1) is 0 Å². The van der Waals surface area contributed by atoms with E-state index in [4.69, 9.17) is 21.7 Å². The Morgan fingerprint density at radius 3 is 2.69 bits per heavy atom. The Morgan fingerprint density at radius 2 is 1.97 bits per heavy atom. The van der Waals surface area contributed by atoms with Gasteiger partial charge in [0.2, 0.25) is 11.8 Å². The average Bonchev–Trinajstić information content (AvgIpc) is 2.80. The molecule has 2 rings (SSSR count). The molecule has 194 valence electrons. The number of esters is 1. The molecule has 2 N–H and O–H groups in total. The van der Waals surface area contributed by atoms with E-state index in [2.05, 4.69) is 10.6 Å². The molecule has 1 saturated heterocycles. The number of amides is 2. The van der Waals surface area contributed by atoms with Crippen molar-refractivity contribution in [2.24, 2.45) is 5.41 Å². The minimum Gasteiger partial charge on any atom is -0.493 e. The van der Waals surface area contributed by atoms with E-state index in [-0.39, 0.29) is 23.3 Å². The smallest absolute Gasteiger partial charge is 0.308 e. The van der Waals surface area contributed by atoms with E-state index in [1.807, 2.05) is 52.8 Å². The van der Waals surface area contributed by atoms with Gasteiger partial charge in [0.05, 0.1) is 19.6 Å². The topological polar surface area (TPSA) is 97.0 Å². The summed E-state index contributed by atoms with van der Waals surface area (Å²) >= 11 is 5.47. The van der Waals surface area contributed by atoms with Crippen molar-refractivity contribution in [2.45, 2.75) is 72.8 Å². The lowest BCUT2D eigenvalue weighted by Crippen LogP contribution is -2.61. The summed E-state index contributed by atoms with van der Waals surface area (Å²) in [6.07, 6.45) is 2.85. The van der Waals surface area contributed by atoms with Gasteiger partial charge < -0.3 is 25.0 Å². The molecule has 9 heteroatoms. The third-order valence-corrected chi connectivity index (χ3v) is 6.43. The van der Waals surface area contributed by atoms with E-state index < -0.39 is 17.4 Å². The molecule has 1 aliphatic rings. The van der Waals surface area contributed by atoms with Crippen molar-refractivity contribution in [3.05, 3.63) is 29.3 Å². The van der Waals surface area contributed by atoms with Crippen molar-refractivity contribution in [3.8, 4) is 5.75 Å². The number of ether oxygens (including phenoxy) is 2. The first-order valence-corrected chi connectivity index (χ1v) is 12.7. The minimum atomic E-state index is -0.806. The van der Waals surface area contributed by atoms with Crippen molar-refractivity contribution in [2.75, 3.05) is 26.3 Å². The zero-order valence-corrected chi connectivity index (χ0v) is 22.4. The number of carbonyl (C=O) groups excluding carboxylic acids is 3. The van der Waals surface area contributed by atoms with E-state index >= 15 is 0 Å². The monoisotopic (exact) mass is 505 g/mol. The fraction of sp³-hybridized carbons (Fsp3) is 0.615. The van der Waals surface area contributed by atoms with Gasteiger partial charge in [-0.05, 0) is 62.5 Å². The van der Waals surface area contributed by atoms with Crippen LogP contribution in [-0.2, 0) is 19.1 Å². The number of benzene rings is 1. The zero-order valence-electron chi connectivity index (χ0n) is 21.6. The molecule has 0 aromatic heterocycles. The van der Waals surface area contributed by atoms with Gasteiger partial charge in [0.1, 0.15) is 11.8 Å². The highest BCUT2D eigenvalue weighted by Crippen LogP contribution is 2.24. The second kappa shape index (κ2) is 13.4. The van der Waals surface area contributed by atoms with Crippen molar-refractivity contribution in [3.63, 3.8) is 0 Å². The van der Waals surface area contributed by atoms with Crippen LogP contribution in [0.4, 0.5) is 0 Å². The summed E-state index contributed by atoms with van der Waals surface area (Å²) in [5.74, 6) is -0.132. The quantitative estimate of drug-likeness (QED) is 0.270. The fourth-order valence-corrected chi connectivity index (χ4v) is 4.03. The molecule has 1 heterocycles. The van der Waals surface area contributed by atoms with E-state index in [9.17, 15) is 14.4 Å². The van der Waals surface area contributed by atoms with Crippen molar-refractivity contribution in [1.29, 1.82) is 0 Å². The number of nitrogens with one attached hydrogen (secondary N) is 2. The van der Waals surface area contributed by atoms with Gasteiger partial charge in [-0.3, -0.25) is 14.4 Å². The molecule has 8 nitrogen and oxygen atoms in total. The molecule has 1 atom stereocenters. The number of rotatable bonds is 11. The van der Waals surface area contributed by atoms with E-state index in [0.717, 1.165) is 29.7 Å². The third-order valence-electron chi connectivity index (χ3n) is 6.10. The summed E-state index contributed by atoms with van der Waals surface area (Å²) in [6, 6.07) is 5.28. The molecule has 0 saturated carbocycles. The van der Waals surface area contributed by atoms with Crippen molar-refractivity contribution < 1.29 is 23.9 Å². The molecule has 35 heavy (non-hydrogen) atoms. The highest BCUT2D eigenvalue weighted by Gasteiger charge is 2.36. The third kappa shape index (κ3) is 8.80. The molecule has 0 spiro atoms. The SMILES string of the molecule is CCCCOC(=O)CC1C(=O)NCCN1C(=S)NC(=O)C(C)(C)CCCOc1cc(C)ccc1C.